The van der Waals surface area contributed by atoms with Gasteiger partial charge in [-0.3, -0.25) is 4.79 Å². The van der Waals surface area contributed by atoms with Crippen molar-refractivity contribution in [2.45, 2.75) is 288 Å². The van der Waals surface area contributed by atoms with Gasteiger partial charge >= 0.3 is 0 Å². The summed E-state index contributed by atoms with van der Waals surface area (Å²) in [6, 6.07) is -0.817. The van der Waals surface area contributed by atoms with Gasteiger partial charge in [-0.15, -0.1) is 0 Å². The monoisotopic (exact) mass is 918 g/mol. The number of aliphatic hydroxyl groups is 5. The molecule has 9 nitrogen and oxygen atoms in total. The minimum atomic E-state index is -1.57. The Balaban J connectivity index is 2.01. The van der Waals surface area contributed by atoms with Crippen LogP contribution in [-0.4, -0.2) is 87.5 Å². The van der Waals surface area contributed by atoms with Gasteiger partial charge in [0.15, 0.2) is 6.29 Å². The quantitative estimate of drug-likeness (QED) is 0.0261. The summed E-state index contributed by atoms with van der Waals surface area (Å²) in [6.45, 7) is 3.64. The highest BCUT2D eigenvalue weighted by molar-refractivity contribution is 5.76. The molecule has 0 spiro atoms. The number of carbonyl (C=O) groups excluding carboxylic acids is 1. The molecule has 380 valence electrons. The van der Waals surface area contributed by atoms with Gasteiger partial charge in [-0.05, 0) is 57.8 Å². The van der Waals surface area contributed by atoms with Gasteiger partial charge in [0.05, 0.1) is 25.4 Å². The van der Waals surface area contributed by atoms with Crippen LogP contribution in [0, 0.1) is 0 Å². The molecule has 0 aromatic carbocycles. The second-order valence-corrected chi connectivity index (χ2v) is 19.0. The van der Waals surface area contributed by atoms with Gasteiger partial charge < -0.3 is 40.3 Å². The Morgan fingerprint density at radius 1 is 0.523 bits per heavy atom. The summed E-state index contributed by atoms with van der Waals surface area (Å²) in [7, 11) is 0. The van der Waals surface area contributed by atoms with Crippen LogP contribution in [0.4, 0.5) is 0 Å². The van der Waals surface area contributed by atoms with Gasteiger partial charge in [-0.1, -0.05) is 229 Å². The van der Waals surface area contributed by atoms with Crippen LogP contribution in [0.5, 0.6) is 0 Å². The highest BCUT2D eigenvalue weighted by Gasteiger charge is 2.44. The summed E-state index contributed by atoms with van der Waals surface area (Å²) >= 11 is 0. The molecule has 0 aromatic heterocycles. The van der Waals surface area contributed by atoms with Crippen molar-refractivity contribution in [2.75, 3.05) is 13.2 Å². The van der Waals surface area contributed by atoms with Gasteiger partial charge in [-0.25, -0.2) is 0 Å². The molecule has 1 rings (SSSR count). The molecule has 0 saturated carbocycles. The molecule has 1 amide bonds. The second-order valence-electron chi connectivity index (χ2n) is 19.0. The van der Waals surface area contributed by atoms with E-state index in [9.17, 15) is 30.3 Å². The van der Waals surface area contributed by atoms with Gasteiger partial charge in [0.1, 0.15) is 24.4 Å². The Morgan fingerprint density at radius 2 is 0.954 bits per heavy atom. The van der Waals surface area contributed by atoms with Crippen molar-refractivity contribution < 1.29 is 39.8 Å². The lowest BCUT2D eigenvalue weighted by atomic mass is 9.99. The van der Waals surface area contributed by atoms with Crippen LogP contribution in [0.1, 0.15) is 245 Å². The van der Waals surface area contributed by atoms with Crippen LogP contribution in [0.25, 0.3) is 0 Å². The molecule has 0 aromatic rings. The van der Waals surface area contributed by atoms with Gasteiger partial charge in [-0.2, -0.15) is 0 Å². The minimum Gasteiger partial charge on any atom is -0.394 e. The van der Waals surface area contributed by atoms with Gasteiger partial charge in [0, 0.05) is 6.42 Å². The van der Waals surface area contributed by atoms with E-state index in [4.69, 9.17) is 9.47 Å². The number of unbranched alkanes of at least 4 members (excludes halogenated alkanes) is 30. The normalized spacial score (nSPS) is 20.3. The van der Waals surface area contributed by atoms with Gasteiger partial charge in [0.2, 0.25) is 5.91 Å². The molecule has 65 heavy (non-hydrogen) atoms. The third kappa shape index (κ3) is 35.9. The third-order valence-corrected chi connectivity index (χ3v) is 12.9. The Bertz CT molecular complexity index is 1160. The first-order valence-corrected chi connectivity index (χ1v) is 27.4. The Kier molecular flexibility index (Phi) is 43.2. The molecule has 0 radical (unpaired) electrons. The summed E-state index contributed by atoms with van der Waals surface area (Å²) in [4.78, 5) is 12.9. The summed E-state index contributed by atoms with van der Waals surface area (Å²) in [5.41, 5.74) is 0. The van der Waals surface area contributed by atoms with Crippen molar-refractivity contribution in [2.24, 2.45) is 0 Å². The number of amides is 1. The number of allylic oxidation sites excluding steroid dienone is 7. The van der Waals surface area contributed by atoms with E-state index in [1.165, 1.54) is 173 Å². The van der Waals surface area contributed by atoms with Crippen molar-refractivity contribution in [1.82, 2.24) is 5.32 Å². The first-order chi connectivity index (χ1) is 31.8. The van der Waals surface area contributed by atoms with Crippen molar-refractivity contribution in [3.05, 3.63) is 48.6 Å². The molecule has 6 N–H and O–H groups in total. The molecular weight excluding hydrogens is 815 g/mol. The van der Waals surface area contributed by atoms with Crippen molar-refractivity contribution in [3.63, 3.8) is 0 Å². The Labute approximate surface area is 399 Å². The lowest BCUT2D eigenvalue weighted by Crippen LogP contribution is -2.60. The third-order valence-electron chi connectivity index (χ3n) is 12.9. The molecule has 0 bridgehead atoms. The number of rotatable bonds is 46. The topological polar surface area (TPSA) is 149 Å². The molecule has 1 aliphatic rings. The van der Waals surface area contributed by atoms with Crippen LogP contribution in [-0.2, 0) is 14.3 Å². The van der Waals surface area contributed by atoms with Crippen LogP contribution < -0.4 is 5.32 Å². The zero-order valence-electron chi connectivity index (χ0n) is 42.0. The number of hydrogen-bond donors (Lipinski definition) is 6. The van der Waals surface area contributed by atoms with Crippen LogP contribution in [0.15, 0.2) is 48.6 Å². The molecule has 1 fully saturated rings. The maximum atomic E-state index is 12.9. The molecule has 7 atom stereocenters. The Morgan fingerprint density at radius 3 is 1.43 bits per heavy atom. The molecule has 9 heteroatoms. The number of ether oxygens (including phenoxy) is 2. The maximum Gasteiger partial charge on any atom is 0.220 e. The van der Waals surface area contributed by atoms with E-state index in [1.54, 1.807) is 6.08 Å². The predicted molar refractivity (Wildman–Crippen MR) is 272 cm³/mol. The fourth-order valence-electron chi connectivity index (χ4n) is 8.51. The van der Waals surface area contributed by atoms with E-state index < -0.39 is 49.5 Å². The molecule has 7 unspecified atom stereocenters. The standard InChI is InChI=1S/C56H103NO8/c1-3-5-7-9-11-12-13-14-15-16-17-18-19-20-21-22-23-24-25-26-27-28-29-30-31-32-33-34-35-36-37-38-40-42-44-46-52(60)57-49(50(59)45-43-41-39-10-8-6-4-2)48-64-56-55(63)54(62)53(61)51(47-58)65-56/h8,10,13-14,16-17,43,45,49-51,53-56,58-59,61-63H,3-7,9,11-12,15,18-42,44,46-48H2,1-2H3,(H,57,60)/b10-8+,14-13-,17-16-,45-43+. The summed E-state index contributed by atoms with van der Waals surface area (Å²) in [5, 5.41) is 53.9. The highest BCUT2D eigenvalue weighted by Crippen LogP contribution is 2.23. The molecule has 1 aliphatic heterocycles. The summed E-state index contributed by atoms with van der Waals surface area (Å²) in [5.74, 6) is -0.189. The van der Waals surface area contributed by atoms with E-state index in [1.807, 2.05) is 6.08 Å². The van der Waals surface area contributed by atoms with E-state index in [2.05, 4.69) is 55.6 Å². The first-order valence-electron chi connectivity index (χ1n) is 27.4. The maximum absolute atomic E-state index is 12.9. The van der Waals surface area contributed by atoms with Crippen molar-refractivity contribution >= 4 is 5.91 Å². The zero-order valence-corrected chi connectivity index (χ0v) is 42.0. The SMILES string of the molecule is CCC/C=C/CC/C=C/C(O)C(COC1OC(CO)C(O)C(O)C1O)NC(=O)CCCCCCCCCCCCCCCCCCCCCCCCC/C=C\C/C=C\CCCCCCC. The number of carbonyl (C=O) groups is 1. The van der Waals surface area contributed by atoms with Crippen LogP contribution >= 0.6 is 0 Å². The zero-order chi connectivity index (χ0) is 47.3. The van der Waals surface area contributed by atoms with Crippen LogP contribution in [0.3, 0.4) is 0 Å². The number of nitrogens with one attached hydrogen (secondary N) is 1. The van der Waals surface area contributed by atoms with Crippen LogP contribution in [0.2, 0.25) is 0 Å². The summed E-state index contributed by atoms with van der Waals surface area (Å²) in [6.07, 6.45) is 53.8. The molecule has 0 aliphatic carbocycles. The highest BCUT2D eigenvalue weighted by atomic mass is 16.7. The largest absolute Gasteiger partial charge is 0.394 e. The summed E-state index contributed by atoms with van der Waals surface area (Å²) < 4.78 is 11.2. The van der Waals surface area contributed by atoms with E-state index in [-0.39, 0.29) is 12.5 Å². The molecule has 1 heterocycles. The van der Waals surface area contributed by atoms with E-state index in [0.717, 1.165) is 51.4 Å². The lowest BCUT2D eigenvalue weighted by molar-refractivity contribution is -0.302. The number of aliphatic hydroxyl groups excluding tert-OH is 5. The molecular formula is C56H103NO8. The predicted octanol–water partition coefficient (Wildman–Crippen LogP) is 13.0. The minimum absolute atomic E-state index is 0.189. The average molecular weight is 918 g/mol. The second kappa shape index (κ2) is 45.9. The fourth-order valence-corrected chi connectivity index (χ4v) is 8.51. The lowest BCUT2D eigenvalue weighted by Gasteiger charge is -2.40. The van der Waals surface area contributed by atoms with Gasteiger partial charge in [0.25, 0.3) is 0 Å². The fraction of sp³-hybridized carbons (Fsp3) is 0.839. The number of hydrogen-bond acceptors (Lipinski definition) is 8. The van der Waals surface area contributed by atoms with Crippen molar-refractivity contribution in [1.29, 1.82) is 0 Å². The first kappa shape index (κ1) is 61.2. The average Bonchev–Trinajstić information content (AvgIpc) is 3.31. The van der Waals surface area contributed by atoms with E-state index >= 15 is 0 Å². The van der Waals surface area contributed by atoms with E-state index in [0.29, 0.717) is 6.42 Å². The van der Waals surface area contributed by atoms with Crippen molar-refractivity contribution in [3.8, 4) is 0 Å². The Hall–Kier alpha value is -1.85. The molecule has 1 saturated heterocycles. The smallest absolute Gasteiger partial charge is 0.220 e.